The summed E-state index contributed by atoms with van der Waals surface area (Å²) in [6.45, 7) is 12.5. The molecule has 1 aliphatic rings. The highest BCUT2D eigenvalue weighted by molar-refractivity contribution is 6.00. The van der Waals surface area contributed by atoms with E-state index in [4.69, 9.17) is 5.11 Å². The summed E-state index contributed by atoms with van der Waals surface area (Å²) in [5.41, 5.74) is 5.73. The maximum Gasteiger partial charge on any atom is 0.166 e. The number of allylic oxidation sites excluding steroid dienone is 3. The first-order chi connectivity index (χ1) is 12.8. The molecule has 0 saturated carbocycles. The average molecular weight is 371 g/mol. The third kappa shape index (κ3) is 4.70. The Morgan fingerprint density at radius 2 is 2.04 bits per heavy atom. The first-order valence-electron chi connectivity index (χ1n) is 10.1. The van der Waals surface area contributed by atoms with Gasteiger partial charge in [-0.3, -0.25) is 4.79 Å². The molecule has 0 spiro atoms. The van der Waals surface area contributed by atoms with Crippen molar-refractivity contribution >= 4 is 5.78 Å². The Balaban J connectivity index is 2.64. The van der Waals surface area contributed by atoms with Crippen LogP contribution in [0.4, 0.5) is 0 Å². The van der Waals surface area contributed by atoms with E-state index in [1.807, 2.05) is 6.92 Å². The summed E-state index contributed by atoms with van der Waals surface area (Å²) in [4.78, 5) is 12.8. The highest BCUT2D eigenvalue weighted by Gasteiger charge is 2.31. The van der Waals surface area contributed by atoms with Gasteiger partial charge in [-0.05, 0) is 63.5 Å². The zero-order chi connectivity index (χ0) is 20.1. The first-order valence-corrected chi connectivity index (χ1v) is 10.1. The van der Waals surface area contributed by atoms with Gasteiger partial charge in [-0.15, -0.1) is 0 Å². The van der Waals surface area contributed by atoms with Crippen molar-refractivity contribution in [1.82, 2.24) is 0 Å². The molecule has 27 heavy (non-hydrogen) atoms. The molecule has 0 saturated heterocycles. The number of benzene rings is 1. The minimum atomic E-state index is -0.0744. The van der Waals surface area contributed by atoms with Crippen molar-refractivity contribution in [2.45, 2.75) is 72.1 Å². The van der Waals surface area contributed by atoms with Crippen LogP contribution in [0.15, 0.2) is 29.9 Å². The highest BCUT2D eigenvalue weighted by Crippen LogP contribution is 2.46. The molecule has 1 aliphatic carbocycles. The SMILES string of the molecule is C=C(C)C1CCC(C)=C[C@H]1c1c(C)cc(CCC)c(C(=O)CCCO)c1O. The first kappa shape index (κ1) is 21.4. The average Bonchev–Trinajstić information content (AvgIpc) is 2.59. The molecular formula is C24H34O3. The zero-order valence-corrected chi connectivity index (χ0v) is 17.3. The molecule has 1 unspecified atom stereocenters. The second kappa shape index (κ2) is 9.36. The van der Waals surface area contributed by atoms with Crippen LogP contribution in [0.5, 0.6) is 5.75 Å². The number of rotatable bonds is 8. The highest BCUT2D eigenvalue weighted by atomic mass is 16.3. The van der Waals surface area contributed by atoms with E-state index < -0.39 is 0 Å². The summed E-state index contributed by atoms with van der Waals surface area (Å²) < 4.78 is 0. The minimum absolute atomic E-state index is 0.0172. The summed E-state index contributed by atoms with van der Waals surface area (Å²) in [7, 11) is 0. The van der Waals surface area contributed by atoms with Crippen LogP contribution >= 0.6 is 0 Å². The van der Waals surface area contributed by atoms with E-state index in [1.54, 1.807) is 0 Å². The number of aliphatic hydroxyl groups is 1. The van der Waals surface area contributed by atoms with E-state index >= 15 is 0 Å². The quantitative estimate of drug-likeness (QED) is 0.461. The van der Waals surface area contributed by atoms with Gasteiger partial charge in [0.15, 0.2) is 5.78 Å². The minimum Gasteiger partial charge on any atom is -0.507 e. The fraction of sp³-hybridized carbons (Fsp3) is 0.542. The molecule has 3 nitrogen and oxygen atoms in total. The number of hydrogen-bond donors (Lipinski definition) is 2. The Kier molecular flexibility index (Phi) is 7.43. The third-order valence-corrected chi connectivity index (χ3v) is 5.70. The van der Waals surface area contributed by atoms with Crippen molar-refractivity contribution < 1.29 is 15.0 Å². The van der Waals surface area contributed by atoms with E-state index in [-0.39, 0.29) is 36.4 Å². The molecule has 2 rings (SSSR count). The van der Waals surface area contributed by atoms with Gasteiger partial charge in [-0.1, -0.05) is 43.2 Å². The Labute approximate surface area is 163 Å². The maximum atomic E-state index is 12.8. The molecule has 0 fully saturated rings. The number of hydrogen-bond acceptors (Lipinski definition) is 3. The lowest BCUT2D eigenvalue weighted by Crippen LogP contribution is -2.19. The summed E-state index contributed by atoms with van der Waals surface area (Å²) in [5.74, 6) is 0.394. The van der Waals surface area contributed by atoms with Crippen LogP contribution in [0.2, 0.25) is 0 Å². The summed E-state index contributed by atoms with van der Waals surface area (Å²) >= 11 is 0. The molecule has 2 N–H and O–H groups in total. The number of phenolic OH excluding ortho intramolecular Hbond substituents is 1. The van der Waals surface area contributed by atoms with Gasteiger partial charge in [0.2, 0.25) is 0 Å². The summed E-state index contributed by atoms with van der Waals surface area (Å²) in [6, 6.07) is 2.08. The van der Waals surface area contributed by atoms with Crippen molar-refractivity contribution in [3.63, 3.8) is 0 Å². The number of aliphatic hydroxyl groups excluding tert-OH is 1. The van der Waals surface area contributed by atoms with Gasteiger partial charge < -0.3 is 10.2 Å². The van der Waals surface area contributed by atoms with E-state index in [2.05, 4.69) is 39.5 Å². The van der Waals surface area contributed by atoms with Crippen molar-refractivity contribution in [3.05, 3.63) is 52.1 Å². The fourth-order valence-corrected chi connectivity index (χ4v) is 4.35. The smallest absolute Gasteiger partial charge is 0.166 e. The van der Waals surface area contributed by atoms with E-state index in [0.717, 1.165) is 47.9 Å². The molecule has 3 heteroatoms. The Morgan fingerprint density at radius 1 is 1.33 bits per heavy atom. The largest absolute Gasteiger partial charge is 0.507 e. The monoisotopic (exact) mass is 370 g/mol. The van der Waals surface area contributed by atoms with Crippen molar-refractivity contribution in [3.8, 4) is 5.75 Å². The predicted octanol–water partition coefficient (Wildman–Crippen LogP) is 5.62. The summed E-state index contributed by atoms with van der Waals surface area (Å²) in [6.07, 6.45) is 6.66. The Bertz CT molecular complexity index is 742. The van der Waals surface area contributed by atoms with Crippen LogP contribution < -0.4 is 0 Å². The summed E-state index contributed by atoms with van der Waals surface area (Å²) in [5, 5.41) is 20.3. The maximum absolute atomic E-state index is 12.8. The lowest BCUT2D eigenvalue weighted by Gasteiger charge is -2.32. The van der Waals surface area contributed by atoms with Gasteiger partial charge in [0.25, 0.3) is 0 Å². The number of carbonyl (C=O) groups excluding carboxylic acids is 1. The molecule has 0 aliphatic heterocycles. The molecule has 0 heterocycles. The van der Waals surface area contributed by atoms with Crippen LogP contribution in [0.1, 0.15) is 85.8 Å². The molecule has 0 radical (unpaired) electrons. The Hall–Kier alpha value is -1.87. The van der Waals surface area contributed by atoms with Crippen LogP contribution in [0, 0.1) is 12.8 Å². The normalized spacial score (nSPS) is 19.7. The van der Waals surface area contributed by atoms with Crippen molar-refractivity contribution in [2.24, 2.45) is 5.92 Å². The standard InChI is InChI=1S/C24H34O3/c1-6-8-18-14-17(5)22(24(27)23(18)21(26)9-7-12-25)20-13-16(4)10-11-19(20)15(2)3/h13-14,19-20,25,27H,2,6-12H2,1,3-5H3/t19?,20-/m1/s1. The molecular weight excluding hydrogens is 336 g/mol. The van der Waals surface area contributed by atoms with Crippen LogP contribution in [-0.4, -0.2) is 22.6 Å². The predicted molar refractivity (Wildman–Crippen MR) is 112 cm³/mol. The van der Waals surface area contributed by atoms with Crippen LogP contribution in [-0.2, 0) is 6.42 Å². The molecule has 148 valence electrons. The second-order valence-electron chi connectivity index (χ2n) is 8.02. The molecule has 0 amide bonds. The van der Waals surface area contributed by atoms with Crippen molar-refractivity contribution in [2.75, 3.05) is 6.61 Å². The molecule has 0 aromatic heterocycles. The van der Waals surface area contributed by atoms with E-state index in [1.165, 1.54) is 5.57 Å². The van der Waals surface area contributed by atoms with Gasteiger partial charge in [0.05, 0.1) is 5.56 Å². The number of phenols is 1. The Morgan fingerprint density at radius 3 is 2.63 bits per heavy atom. The second-order valence-corrected chi connectivity index (χ2v) is 8.02. The lowest BCUT2D eigenvalue weighted by molar-refractivity contribution is 0.0967. The van der Waals surface area contributed by atoms with Crippen molar-refractivity contribution in [1.29, 1.82) is 0 Å². The molecule has 1 aromatic carbocycles. The van der Waals surface area contributed by atoms with Gasteiger partial charge in [-0.25, -0.2) is 0 Å². The van der Waals surface area contributed by atoms with E-state index in [0.29, 0.717) is 12.0 Å². The van der Waals surface area contributed by atoms with Gasteiger partial charge in [-0.2, -0.15) is 0 Å². The third-order valence-electron chi connectivity index (χ3n) is 5.70. The zero-order valence-electron chi connectivity index (χ0n) is 17.3. The molecule has 1 aromatic rings. The number of carbonyl (C=O) groups is 1. The van der Waals surface area contributed by atoms with E-state index in [9.17, 15) is 9.90 Å². The topological polar surface area (TPSA) is 57.5 Å². The van der Waals surface area contributed by atoms with Gasteiger partial charge in [0.1, 0.15) is 5.75 Å². The molecule has 2 atom stereocenters. The fourth-order valence-electron chi connectivity index (χ4n) is 4.35. The number of aryl methyl sites for hydroxylation is 2. The van der Waals surface area contributed by atoms with Gasteiger partial charge in [0, 0.05) is 24.5 Å². The van der Waals surface area contributed by atoms with Crippen LogP contribution in [0.25, 0.3) is 0 Å². The van der Waals surface area contributed by atoms with Crippen LogP contribution in [0.3, 0.4) is 0 Å². The van der Waals surface area contributed by atoms with Gasteiger partial charge >= 0.3 is 0 Å². The number of ketones is 1. The lowest BCUT2D eigenvalue weighted by atomic mass is 9.72. The number of Topliss-reactive ketones (excluding diaryl/α,β-unsaturated/α-hetero) is 1. The number of aromatic hydroxyl groups is 1. The molecule has 0 bridgehead atoms.